The van der Waals surface area contributed by atoms with E-state index < -0.39 is 0 Å². The zero-order valence-corrected chi connectivity index (χ0v) is 12.6. The molecule has 1 N–H and O–H groups in total. The van der Waals surface area contributed by atoms with Crippen molar-refractivity contribution in [2.75, 3.05) is 20.2 Å². The van der Waals surface area contributed by atoms with Crippen molar-refractivity contribution in [1.82, 2.24) is 4.90 Å². The molecule has 1 atom stereocenters. The van der Waals surface area contributed by atoms with Crippen LogP contribution in [0.5, 0.6) is 11.5 Å². The number of benzene rings is 1. The number of halogens is 1. The lowest BCUT2D eigenvalue weighted by atomic mass is 9.93. The van der Waals surface area contributed by atoms with E-state index in [1.54, 1.807) is 23.1 Å². The first-order valence-corrected chi connectivity index (χ1v) is 7.27. The van der Waals surface area contributed by atoms with Crippen LogP contribution in [0.15, 0.2) is 18.2 Å². The van der Waals surface area contributed by atoms with Crippen LogP contribution in [0.1, 0.15) is 30.1 Å². The van der Waals surface area contributed by atoms with Gasteiger partial charge in [0.2, 0.25) is 0 Å². The molecule has 1 aliphatic heterocycles. The molecule has 1 saturated heterocycles. The van der Waals surface area contributed by atoms with Crippen LogP contribution in [-0.4, -0.2) is 41.5 Å². The predicted molar refractivity (Wildman–Crippen MR) is 78.6 cm³/mol. The van der Waals surface area contributed by atoms with Gasteiger partial charge in [0.1, 0.15) is 0 Å². The average molecular weight is 298 g/mol. The molecule has 1 unspecified atom stereocenters. The van der Waals surface area contributed by atoms with Crippen molar-refractivity contribution in [2.45, 2.75) is 25.1 Å². The van der Waals surface area contributed by atoms with Crippen LogP contribution in [0.2, 0.25) is 0 Å². The molecule has 0 bridgehead atoms. The minimum absolute atomic E-state index is 0.0900. The number of amides is 1. The van der Waals surface area contributed by atoms with E-state index in [0.717, 1.165) is 12.8 Å². The topological polar surface area (TPSA) is 49.8 Å². The third-order valence-electron chi connectivity index (χ3n) is 3.93. The highest BCUT2D eigenvalue weighted by Crippen LogP contribution is 2.31. The van der Waals surface area contributed by atoms with Crippen LogP contribution < -0.4 is 4.74 Å². The molecule has 0 aromatic heterocycles. The lowest BCUT2D eigenvalue weighted by molar-refractivity contribution is 0.0686. The van der Waals surface area contributed by atoms with Gasteiger partial charge in [-0.25, -0.2) is 0 Å². The zero-order valence-electron chi connectivity index (χ0n) is 11.8. The number of alkyl halides is 1. The fourth-order valence-electron chi connectivity index (χ4n) is 2.59. The number of phenols is 1. The monoisotopic (exact) mass is 297 g/mol. The molecule has 0 saturated carbocycles. The first-order valence-electron chi connectivity index (χ1n) is 6.84. The smallest absolute Gasteiger partial charge is 0.257 e. The summed E-state index contributed by atoms with van der Waals surface area (Å²) in [5, 5.41) is 10.2. The minimum Gasteiger partial charge on any atom is -0.504 e. The molecule has 1 aromatic carbocycles. The summed E-state index contributed by atoms with van der Waals surface area (Å²) in [4.78, 5) is 14.2. The molecule has 1 amide bonds. The van der Waals surface area contributed by atoms with Gasteiger partial charge >= 0.3 is 0 Å². The quantitative estimate of drug-likeness (QED) is 0.873. The van der Waals surface area contributed by atoms with Gasteiger partial charge < -0.3 is 14.7 Å². The van der Waals surface area contributed by atoms with Crippen molar-refractivity contribution in [1.29, 1.82) is 0 Å². The van der Waals surface area contributed by atoms with Crippen molar-refractivity contribution >= 4 is 17.5 Å². The number of rotatable bonds is 3. The predicted octanol–water partition coefficient (Wildman–Crippen LogP) is 2.88. The molecule has 1 aliphatic rings. The Morgan fingerprint density at radius 2 is 2.10 bits per heavy atom. The summed E-state index contributed by atoms with van der Waals surface area (Å²) < 4.78 is 5.03. The van der Waals surface area contributed by atoms with Crippen LogP contribution in [-0.2, 0) is 0 Å². The molecular formula is C15H20ClNO3. The second-order valence-corrected chi connectivity index (χ2v) is 5.85. The highest BCUT2D eigenvalue weighted by molar-refractivity contribution is 6.20. The molecular weight excluding hydrogens is 278 g/mol. The number of methoxy groups -OCH3 is 1. The van der Waals surface area contributed by atoms with E-state index in [4.69, 9.17) is 16.3 Å². The average Bonchev–Trinajstić information content (AvgIpc) is 2.47. The molecule has 20 heavy (non-hydrogen) atoms. The minimum atomic E-state index is -0.151. The SMILES string of the molecule is COc1cccc(C(=O)N2CCC(C(C)Cl)CC2)c1O. The number of nitrogens with zero attached hydrogens (tertiary/aromatic N) is 1. The van der Waals surface area contributed by atoms with Crippen molar-refractivity contribution in [3.8, 4) is 11.5 Å². The summed E-state index contributed by atoms with van der Waals surface area (Å²) >= 11 is 6.11. The maximum atomic E-state index is 12.4. The Labute approximate surface area is 124 Å². The molecule has 1 heterocycles. The molecule has 0 aliphatic carbocycles. The summed E-state index contributed by atoms with van der Waals surface area (Å²) in [6.45, 7) is 3.35. The van der Waals surface area contributed by atoms with Crippen molar-refractivity contribution in [3.63, 3.8) is 0 Å². The number of carbonyl (C=O) groups excluding carboxylic acids is 1. The fraction of sp³-hybridized carbons (Fsp3) is 0.533. The van der Waals surface area contributed by atoms with Gasteiger partial charge in [0.25, 0.3) is 5.91 Å². The number of hydrogen-bond donors (Lipinski definition) is 1. The molecule has 0 radical (unpaired) electrons. The maximum Gasteiger partial charge on any atom is 0.257 e. The number of ether oxygens (including phenoxy) is 1. The summed E-state index contributed by atoms with van der Waals surface area (Å²) in [5.74, 6) is 0.537. The lowest BCUT2D eigenvalue weighted by Gasteiger charge is -2.33. The Balaban J connectivity index is 2.09. The van der Waals surface area contributed by atoms with Gasteiger partial charge in [0.15, 0.2) is 11.5 Å². The number of aromatic hydroxyl groups is 1. The van der Waals surface area contributed by atoms with Gasteiger partial charge in [-0.1, -0.05) is 6.07 Å². The number of phenolic OH excluding ortho intramolecular Hbond substituents is 1. The molecule has 0 spiro atoms. The summed E-state index contributed by atoms with van der Waals surface area (Å²) in [5.41, 5.74) is 0.293. The Morgan fingerprint density at radius 1 is 1.45 bits per heavy atom. The van der Waals surface area contributed by atoms with E-state index in [-0.39, 0.29) is 17.0 Å². The van der Waals surface area contributed by atoms with Crippen LogP contribution in [0, 0.1) is 5.92 Å². The van der Waals surface area contributed by atoms with Crippen LogP contribution in [0.3, 0.4) is 0 Å². The Hall–Kier alpha value is -1.42. The van der Waals surface area contributed by atoms with Crippen LogP contribution in [0.4, 0.5) is 0 Å². The number of carbonyl (C=O) groups is 1. The normalized spacial score (nSPS) is 17.9. The first-order chi connectivity index (χ1) is 9.54. The second kappa shape index (κ2) is 6.35. The molecule has 4 nitrogen and oxygen atoms in total. The van der Waals surface area contributed by atoms with Gasteiger partial charge in [-0.05, 0) is 37.8 Å². The van der Waals surface area contributed by atoms with Crippen molar-refractivity contribution < 1.29 is 14.6 Å². The van der Waals surface area contributed by atoms with Crippen LogP contribution >= 0.6 is 11.6 Å². The highest BCUT2D eigenvalue weighted by Gasteiger charge is 2.27. The van der Waals surface area contributed by atoms with E-state index in [2.05, 4.69) is 0 Å². The number of hydrogen-bond acceptors (Lipinski definition) is 3. The molecule has 1 fully saturated rings. The maximum absolute atomic E-state index is 12.4. The molecule has 2 rings (SSSR count). The van der Waals surface area contributed by atoms with Crippen molar-refractivity contribution in [3.05, 3.63) is 23.8 Å². The van der Waals surface area contributed by atoms with Crippen LogP contribution in [0.25, 0.3) is 0 Å². The van der Waals surface area contributed by atoms with Gasteiger partial charge in [0.05, 0.1) is 12.7 Å². The summed E-state index contributed by atoms with van der Waals surface area (Å²) in [6.07, 6.45) is 1.81. The largest absolute Gasteiger partial charge is 0.504 e. The lowest BCUT2D eigenvalue weighted by Crippen LogP contribution is -2.40. The van der Waals surface area contributed by atoms with E-state index >= 15 is 0 Å². The van der Waals surface area contributed by atoms with E-state index in [9.17, 15) is 9.90 Å². The summed E-state index contributed by atoms with van der Waals surface area (Å²) in [6, 6.07) is 4.96. The van der Waals surface area contributed by atoms with Gasteiger partial charge in [0, 0.05) is 18.5 Å². The third-order valence-corrected chi connectivity index (χ3v) is 4.28. The zero-order chi connectivity index (χ0) is 14.7. The van der Waals surface area contributed by atoms with Crippen molar-refractivity contribution in [2.24, 2.45) is 5.92 Å². The molecule has 1 aromatic rings. The first kappa shape index (κ1) is 15.0. The highest BCUT2D eigenvalue weighted by atomic mass is 35.5. The molecule has 110 valence electrons. The number of piperidine rings is 1. The Kier molecular flexibility index (Phi) is 4.76. The fourth-order valence-corrected chi connectivity index (χ4v) is 2.84. The van der Waals surface area contributed by atoms with Gasteiger partial charge in [-0.3, -0.25) is 4.79 Å². The Bertz CT molecular complexity index is 482. The van der Waals surface area contributed by atoms with E-state index in [1.165, 1.54) is 7.11 Å². The van der Waals surface area contributed by atoms with E-state index in [0.29, 0.717) is 30.3 Å². The standard InChI is InChI=1S/C15H20ClNO3/c1-10(16)11-6-8-17(9-7-11)15(19)12-4-3-5-13(20-2)14(12)18/h3-5,10-11,18H,6-9H2,1-2H3. The third kappa shape index (κ3) is 3.01. The number of para-hydroxylation sites is 1. The Morgan fingerprint density at radius 3 is 2.65 bits per heavy atom. The number of likely N-dealkylation sites (tertiary alicyclic amines) is 1. The van der Waals surface area contributed by atoms with Gasteiger partial charge in [-0.15, -0.1) is 11.6 Å². The molecule has 5 heteroatoms. The summed E-state index contributed by atoms with van der Waals surface area (Å²) in [7, 11) is 1.47. The van der Waals surface area contributed by atoms with Gasteiger partial charge in [-0.2, -0.15) is 0 Å². The van der Waals surface area contributed by atoms with E-state index in [1.807, 2.05) is 6.92 Å². The second-order valence-electron chi connectivity index (χ2n) is 5.16.